The van der Waals surface area contributed by atoms with Gasteiger partial charge in [0.05, 0.1) is 60.7 Å². The third-order valence-corrected chi connectivity index (χ3v) is 15.0. The highest BCUT2D eigenvalue weighted by Crippen LogP contribution is 2.38. The van der Waals surface area contributed by atoms with Crippen LogP contribution in [-0.4, -0.2) is 131 Å². The summed E-state index contributed by atoms with van der Waals surface area (Å²) >= 11 is 0. The third kappa shape index (κ3) is 12.2. The number of ether oxygens (including phenoxy) is 2. The molecule has 73 heavy (non-hydrogen) atoms. The summed E-state index contributed by atoms with van der Waals surface area (Å²) < 4.78 is 23.9. The largest absolute Gasteiger partial charge is 0.497 e. The number of anilines is 4. The number of likely N-dealkylation sites (tertiary alicyclic amines) is 1. The Labute approximate surface area is 429 Å². The molecule has 0 amide bonds. The quantitative estimate of drug-likeness (QED) is 0.0345. The number of piperidine rings is 1. The molecule has 5 aromatic heterocycles. The number of rotatable bonds is 23. The van der Waals surface area contributed by atoms with Gasteiger partial charge in [0.25, 0.3) is 0 Å². The molecule has 0 aliphatic carbocycles. The minimum Gasteiger partial charge on any atom is -0.497 e. The molecule has 1 aromatic carbocycles. The topological polar surface area (TPSA) is 246 Å². The normalized spacial score (nSPS) is 17.6. The standard InChI is InChI=1S/C53H74BN13O6/c1-10-12-18-52(7,32-68)65-46-43-40(61-48(55)63-46)24-36(28-56-43)37-29-58-45(59-30-37)34-16-21-67(22-17-34)23-20-53(33-69,19-13-11-2)66-47-44-41(25-38(31-57-44)54-72-50(3,4)51(5,6)73-54)62-49(64-47)60-27-35-14-15-39(70-8)26-42(35)71-9/h14-15,24-26,28-31,34,68-69H,10-13,16-23,27,32-33H2,1-9H3,(H3,55,61,63,65)(H2,60,62,64,66)/t52-,53+/m1/s1. The van der Waals surface area contributed by atoms with E-state index >= 15 is 0 Å². The first-order valence-corrected chi connectivity index (χ1v) is 25.8. The molecule has 2 aliphatic rings. The minimum atomic E-state index is -0.697. The SMILES string of the molecule is CCCC[C@](C)(CO)Nc1nc(N)nc2cc(-c3cnc(C4CCN(CC[C@](CO)(CCCC)Nc5nc(NCc6ccc(OC)cc6OC)nc6cc(B7OC(C)(C)C(C)(C)O7)cnc56)CC4)nc3)cnc12. The summed E-state index contributed by atoms with van der Waals surface area (Å²) in [5.74, 6) is 3.94. The number of aliphatic hydroxyl groups excluding tert-OH is 2. The summed E-state index contributed by atoms with van der Waals surface area (Å²) in [6.07, 6.45) is 15.1. The van der Waals surface area contributed by atoms with E-state index in [0.717, 1.165) is 99.0 Å². The van der Waals surface area contributed by atoms with E-state index in [2.05, 4.69) is 44.7 Å². The van der Waals surface area contributed by atoms with Crippen LogP contribution in [0, 0.1) is 0 Å². The second-order valence-corrected chi connectivity index (χ2v) is 21.0. The van der Waals surface area contributed by atoms with Gasteiger partial charge in [-0.2, -0.15) is 9.97 Å². The van der Waals surface area contributed by atoms with Crippen LogP contribution in [0.15, 0.2) is 55.1 Å². The van der Waals surface area contributed by atoms with Crippen molar-refractivity contribution < 1.29 is 29.0 Å². The molecule has 0 bridgehead atoms. The smallest absolute Gasteiger partial charge is 0.496 e. The fourth-order valence-corrected chi connectivity index (χ4v) is 9.50. The van der Waals surface area contributed by atoms with Gasteiger partial charge < -0.3 is 55.6 Å². The average molecular weight is 1000 g/mol. The maximum Gasteiger partial charge on any atom is 0.496 e. The lowest BCUT2D eigenvalue weighted by Gasteiger charge is -2.38. The molecule has 0 saturated carbocycles. The molecule has 7 heterocycles. The van der Waals surface area contributed by atoms with Crippen LogP contribution in [0.25, 0.3) is 33.2 Å². The Morgan fingerprint density at radius 2 is 1.42 bits per heavy atom. The van der Waals surface area contributed by atoms with E-state index < -0.39 is 29.4 Å². The maximum absolute atomic E-state index is 11.4. The van der Waals surface area contributed by atoms with E-state index in [1.807, 2.05) is 77.3 Å². The van der Waals surface area contributed by atoms with Gasteiger partial charge in [0, 0.05) is 72.0 Å². The number of nitrogens with one attached hydrogen (secondary N) is 3. The van der Waals surface area contributed by atoms with Crippen LogP contribution in [0.2, 0.25) is 0 Å². The fourth-order valence-electron chi connectivity index (χ4n) is 9.50. The average Bonchev–Trinajstić information content (AvgIpc) is 3.63. The lowest BCUT2D eigenvalue weighted by atomic mass is 9.80. The molecular formula is C53H74BN13O6. The molecule has 20 heteroatoms. The van der Waals surface area contributed by atoms with Gasteiger partial charge >= 0.3 is 7.12 Å². The highest BCUT2D eigenvalue weighted by atomic mass is 16.7. The van der Waals surface area contributed by atoms with Crippen molar-refractivity contribution in [1.29, 1.82) is 0 Å². The molecule has 0 spiro atoms. The van der Waals surface area contributed by atoms with Crippen LogP contribution in [-0.2, 0) is 15.9 Å². The van der Waals surface area contributed by atoms with Crippen LogP contribution in [0.3, 0.4) is 0 Å². The van der Waals surface area contributed by atoms with Gasteiger partial charge in [0.1, 0.15) is 28.4 Å². The molecule has 2 atom stereocenters. The summed E-state index contributed by atoms with van der Waals surface area (Å²) in [6, 6.07) is 9.57. The number of methoxy groups -OCH3 is 2. The Morgan fingerprint density at radius 1 is 0.767 bits per heavy atom. The van der Waals surface area contributed by atoms with Crippen molar-refractivity contribution in [3.63, 3.8) is 0 Å². The predicted molar refractivity (Wildman–Crippen MR) is 287 cm³/mol. The number of nitrogens with zero attached hydrogens (tertiary/aromatic N) is 9. The maximum atomic E-state index is 11.4. The Balaban J connectivity index is 0.964. The number of benzene rings is 1. The number of fused-ring (bicyclic) bond motifs is 2. The van der Waals surface area contributed by atoms with Gasteiger partial charge in [-0.25, -0.2) is 19.9 Å². The van der Waals surface area contributed by atoms with E-state index in [4.69, 9.17) is 54.4 Å². The number of nitrogens with two attached hydrogens (primary N) is 1. The number of hydrogen-bond donors (Lipinski definition) is 6. The summed E-state index contributed by atoms with van der Waals surface area (Å²) in [5.41, 5.74) is 9.47. The molecule has 0 unspecified atom stereocenters. The molecule has 19 nitrogen and oxygen atoms in total. The van der Waals surface area contributed by atoms with Crippen LogP contribution >= 0.6 is 0 Å². The number of aromatic nitrogens is 8. The van der Waals surface area contributed by atoms with Crippen molar-refractivity contribution in [2.24, 2.45) is 0 Å². The lowest BCUT2D eigenvalue weighted by Crippen LogP contribution is -2.46. The second kappa shape index (κ2) is 22.6. The zero-order chi connectivity index (χ0) is 52.0. The first-order valence-electron chi connectivity index (χ1n) is 25.8. The van der Waals surface area contributed by atoms with Crippen molar-refractivity contribution in [3.8, 4) is 22.6 Å². The van der Waals surface area contributed by atoms with Crippen molar-refractivity contribution in [2.75, 3.05) is 68.8 Å². The zero-order valence-electron chi connectivity index (χ0n) is 44.1. The summed E-state index contributed by atoms with van der Waals surface area (Å²) in [5, 5.41) is 32.1. The van der Waals surface area contributed by atoms with Crippen LogP contribution in [0.4, 0.5) is 23.5 Å². The van der Waals surface area contributed by atoms with Crippen molar-refractivity contribution in [2.45, 2.75) is 141 Å². The number of unbranched alkanes of at least 4 members (excludes halogenated alkanes) is 2. The Bertz CT molecular complexity index is 2820. The number of hydrogen-bond acceptors (Lipinski definition) is 19. The third-order valence-electron chi connectivity index (χ3n) is 15.0. The Morgan fingerprint density at radius 3 is 2.08 bits per heavy atom. The van der Waals surface area contributed by atoms with E-state index in [1.165, 1.54) is 0 Å². The molecule has 2 fully saturated rings. The lowest BCUT2D eigenvalue weighted by molar-refractivity contribution is 0.00578. The van der Waals surface area contributed by atoms with Crippen molar-refractivity contribution in [3.05, 3.63) is 66.5 Å². The van der Waals surface area contributed by atoms with Gasteiger partial charge in [-0.05, 0) is 104 Å². The Hall–Kier alpha value is -6.06. The van der Waals surface area contributed by atoms with E-state index in [0.29, 0.717) is 64.1 Å². The van der Waals surface area contributed by atoms with E-state index in [1.54, 1.807) is 26.6 Å². The molecule has 8 rings (SSSR count). The predicted octanol–water partition coefficient (Wildman–Crippen LogP) is 7.29. The summed E-state index contributed by atoms with van der Waals surface area (Å²) in [4.78, 5) is 40.8. The first-order chi connectivity index (χ1) is 35.0. The van der Waals surface area contributed by atoms with Crippen LogP contribution in [0.5, 0.6) is 11.5 Å². The molecule has 390 valence electrons. The van der Waals surface area contributed by atoms with Gasteiger partial charge in [-0.3, -0.25) is 9.97 Å². The van der Waals surface area contributed by atoms with E-state index in [-0.39, 0.29) is 25.1 Å². The minimum absolute atomic E-state index is 0.0568. The first kappa shape index (κ1) is 53.2. The molecule has 7 N–H and O–H groups in total. The number of nitrogen functional groups attached to an aromatic ring is 1. The second-order valence-electron chi connectivity index (χ2n) is 21.0. The number of aliphatic hydroxyl groups is 2. The van der Waals surface area contributed by atoms with Crippen LogP contribution < -0.4 is 36.6 Å². The van der Waals surface area contributed by atoms with Gasteiger partial charge in [0.2, 0.25) is 11.9 Å². The summed E-state index contributed by atoms with van der Waals surface area (Å²) in [7, 11) is 2.63. The van der Waals surface area contributed by atoms with Crippen molar-refractivity contribution >= 4 is 58.2 Å². The van der Waals surface area contributed by atoms with E-state index in [9.17, 15) is 10.2 Å². The molecule has 2 saturated heterocycles. The number of pyridine rings is 2. The zero-order valence-corrected chi connectivity index (χ0v) is 44.1. The van der Waals surface area contributed by atoms with Crippen LogP contribution in [0.1, 0.15) is 124 Å². The van der Waals surface area contributed by atoms with Gasteiger partial charge in [-0.15, -0.1) is 0 Å². The van der Waals surface area contributed by atoms with Gasteiger partial charge in [0.15, 0.2) is 11.6 Å². The molecule has 6 aromatic rings. The highest BCUT2D eigenvalue weighted by molar-refractivity contribution is 6.62. The van der Waals surface area contributed by atoms with Crippen molar-refractivity contribution in [1.82, 2.24) is 44.8 Å². The molecular weight excluding hydrogens is 925 g/mol. The fraction of sp³-hybridized carbons (Fsp3) is 0.547. The molecule has 0 radical (unpaired) electrons. The summed E-state index contributed by atoms with van der Waals surface area (Å²) in [6.45, 7) is 17.1. The Kier molecular flexibility index (Phi) is 16.5. The molecule has 2 aliphatic heterocycles. The van der Waals surface area contributed by atoms with Gasteiger partial charge in [-0.1, -0.05) is 39.5 Å². The highest BCUT2D eigenvalue weighted by Gasteiger charge is 2.52. The monoisotopic (exact) mass is 1000 g/mol.